The monoisotopic (exact) mass is 275 g/mol. The van der Waals surface area contributed by atoms with Crippen LogP contribution in [0.25, 0.3) is 0 Å². The van der Waals surface area contributed by atoms with E-state index in [1.165, 1.54) is 19.3 Å². The lowest BCUT2D eigenvalue weighted by atomic mass is 10.0. The first-order valence-corrected chi connectivity index (χ1v) is 7.70. The summed E-state index contributed by atoms with van der Waals surface area (Å²) >= 11 is 0. The predicted molar refractivity (Wildman–Crippen MR) is 79.4 cm³/mol. The minimum Gasteiger partial charge on any atom is -0.389 e. The zero-order chi connectivity index (χ0) is 14.6. The molecule has 0 heterocycles. The lowest BCUT2D eigenvalue weighted by Crippen LogP contribution is -2.41. The second-order valence-corrected chi connectivity index (χ2v) is 5.67. The highest BCUT2D eigenvalue weighted by molar-refractivity contribution is 4.75. The number of ether oxygens (including phenoxy) is 1. The molecule has 0 fully saturated rings. The van der Waals surface area contributed by atoms with Crippen LogP contribution in [0.3, 0.4) is 0 Å². The van der Waals surface area contributed by atoms with Crippen molar-refractivity contribution in [3.63, 3.8) is 0 Å². The number of aliphatic hydroxyl groups excluding tert-OH is 1. The van der Waals surface area contributed by atoms with E-state index in [0.717, 1.165) is 25.9 Å². The van der Waals surface area contributed by atoms with E-state index in [1.807, 2.05) is 6.92 Å². The highest BCUT2D eigenvalue weighted by Gasteiger charge is 2.18. The van der Waals surface area contributed by atoms with Gasteiger partial charge in [0, 0.05) is 19.7 Å². The molecule has 0 rings (SSSR count). The third-order valence-corrected chi connectivity index (χ3v) is 3.13. The molecule has 0 aliphatic rings. The topological polar surface area (TPSA) is 61.7 Å². The lowest BCUT2D eigenvalue weighted by Gasteiger charge is -2.23. The Kier molecular flexibility index (Phi) is 11.6. The Morgan fingerprint density at radius 3 is 2.53 bits per heavy atom. The lowest BCUT2D eigenvalue weighted by molar-refractivity contribution is 0.0232. The van der Waals surface area contributed by atoms with Gasteiger partial charge in [-0.2, -0.15) is 0 Å². The van der Waals surface area contributed by atoms with Gasteiger partial charge in [0.15, 0.2) is 0 Å². The smallest absolute Gasteiger partial charge is 0.0897 e. The van der Waals surface area contributed by atoms with Gasteiger partial charge in [0.05, 0.1) is 18.3 Å². The molecule has 0 spiro atoms. The molecule has 2 atom stereocenters. The van der Waals surface area contributed by atoms with E-state index in [1.54, 1.807) is 0 Å². The molecule has 4 heteroatoms. The molecule has 0 aliphatic carbocycles. The summed E-state index contributed by atoms with van der Waals surface area (Å²) in [6, 6.07) is 0. The predicted octanol–water partition coefficient (Wildman–Crippen LogP) is 2.08. The van der Waals surface area contributed by atoms with Crippen LogP contribution in [-0.4, -0.2) is 48.2 Å². The van der Waals surface area contributed by atoms with E-state index < -0.39 is 11.7 Å². The summed E-state index contributed by atoms with van der Waals surface area (Å²) in [4.78, 5) is 0. The van der Waals surface area contributed by atoms with E-state index in [0.29, 0.717) is 19.7 Å². The number of nitrogens with one attached hydrogen (secondary N) is 1. The highest BCUT2D eigenvalue weighted by atomic mass is 16.5. The van der Waals surface area contributed by atoms with E-state index >= 15 is 0 Å². The summed E-state index contributed by atoms with van der Waals surface area (Å²) in [7, 11) is 0. The van der Waals surface area contributed by atoms with Crippen LogP contribution in [0.5, 0.6) is 0 Å². The molecule has 0 aliphatic heterocycles. The van der Waals surface area contributed by atoms with Gasteiger partial charge < -0.3 is 20.3 Å². The molecular formula is C15H33NO3. The van der Waals surface area contributed by atoms with Gasteiger partial charge in [0.2, 0.25) is 0 Å². The average molecular weight is 275 g/mol. The van der Waals surface area contributed by atoms with Crippen LogP contribution in [0.15, 0.2) is 0 Å². The van der Waals surface area contributed by atoms with Gasteiger partial charge >= 0.3 is 0 Å². The molecule has 0 saturated carbocycles. The third kappa shape index (κ3) is 12.6. The maximum atomic E-state index is 9.95. The molecule has 0 bridgehead atoms. The Bertz CT molecular complexity index is 198. The van der Waals surface area contributed by atoms with E-state index in [4.69, 9.17) is 4.74 Å². The van der Waals surface area contributed by atoms with Gasteiger partial charge in [-0.25, -0.2) is 0 Å². The summed E-state index contributed by atoms with van der Waals surface area (Å²) < 4.78 is 5.42. The van der Waals surface area contributed by atoms with Gasteiger partial charge in [0.25, 0.3) is 0 Å². The fraction of sp³-hybridized carbons (Fsp3) is 1.00. The summed E-state index contributed by atoms with van der Waals surface area (Å²) in [6.45, 7) is 8.13. The fourth-order valence-electron chi connectivity index (χ4n) is 2.04. The molecular weight excluding hydrogens is 242 g/mol. The minimum absolute atomic E-state index is 0.370. The first kappa shape index (κ1) is 18.8. The van der Waals surface area contributed by atoms with Gasteiger partial charge in [-0.1, -0.05) is 39.5 Å². The van der Waals surface area contributed by atoms with Gasteiger partial charge in [-0.15, -0.1) is 0 Å². The van der Waals surface area contributed by atoms with Crippen molar-refractivity contribution < 1.29 is 14.9 Å². The van der Waals surface area contributed by atoms with Crippen molar-refractivity contribution in [2.24, 2.45) is 0 Å². The van der Waals surface area contributed by atoms with E-state index in [-0.39, 0.29) is 0 Å². The molecule has 0 saturated heterocycles. The van der Waals surface area contributed by atoms with Crippen molar-refractivity contribution >= 4 is 0 Å². The molecule has 0 amide bonds. The van der Waals surface area contributed by atoms with E-state index in [9.17, 15) is 10.2 Å². The fourth-order valence-corrected chi connectivity index (χ4v) is 2.04. The SMILES string of the molecule is CCCCCCOCC(O)CNCC(C)(O)CCC. The summed E-state index contributed by atoms with van der Waals surface area (Å²) in [5.74, 6) is 0. The molecule has 0 aromatic heterocycles. The van der Waals surface area contributed by atoms with Gasteiger partial charge in [0.1, 0.15) is 0 Å². The largest absolute Gasteiger partial charge is 0.389 e. The van der Waals surface area contributed by atoms with Crippen molar-refractivity contribution in [3.05, 3.63) is 0 Å². The molecule has 0 aromatic carbocycles. The zero-order valence-electron chi connectivity index (χ0n) is 13.0. The molecule has 19 heavy (non-hydrogen) atoms. The molecule has 0 radical (unpaired) electrons. The Balaban J connectivity index is 3.41. The van der Waals surface area contributed by atoms with Crippen molar-refractivity contribution in [1.29, 1.82) is 0 Å². The standard InChI is InChI=1S/C15H33NO3/c1-4-6-7-8-10-19-12-14(17)11-16-13-15(3,18)9-5-2/h14,16-18H,4-13H2,1-3H3. The van der Waals surface area contributed by atoms with Gasteiger partial charge in [-0.05, 0) is 19.8 Å². The Hall–Kier alpha value is -0.160. The van der Waals surface area contributed by atoms with Crippen LogP contribution in [0.4, 0.5) is 0 Å². The highest BCUT2D eigenvalue weighted by Crippen LogP contribution is 2.09. The molecule has 2 unspecified atom stereocenters. The molecule has 3 N–H and O–H groups in total. The van der Waals surface area contributed by atoms with Crippen LogP contribution >= 0.6 is 0 Å². The number of aliphatic hydroxyl groups is 2. The van der Waals surface area contributed by atoms with Crippen molar-refractivity contribution in [2.75, 3.05) is 26.3 Å². The van der Waals surface area contributed by atoms with E-state index in [2.05, 4.69) is 19.2 Å². The number of hydrogen-bond acceptors (Lipinski definition) is 4. The van der Waals surface area contributed by atoms with Crippen LogP contribution in [0, 0.1) is 0 Å². The first-order valence-electron chi connectivity index (χ1n) is 7.70. The third-order valence-electron chi connectivity index (χ3n) is 3.13. The van der Waals surface area contributed by atoms with Gasteiger partial charge in [-0.3, -0.25) is 0 Å². The number of unbranched alkanes of at least 4 members (excludes halogenated alkanes) is 3. The minimum atomic E-state index is -0.685. The van der Waals surface area contributed by atoms with Crippen molar-refractivity contribution in [3.8, 4) is 0 Å². The Labute approximate surface area is 118 Å². The summed E-state index contributed by atoms with van der Waals surface area (Å²) in [5, 5.41) is 22.7. The molecule has 0 aromatic rings. The molecule has 4 nitrogen and oxygen atoms in total. The van der Waals surface area contributed by atoms with Crippen LogP contribution in [0.2, 0.25) is 0 Å². The maximum absolute atomic E-state index is 9.95. The normalized spacial score (nSPS) is 16.3. The Morgan fingerprint density at radius 2 is 1.89 bits per heavy atom. The van der Waals surface area contributed by atoms with Crippen molar-refractivity contribution in [1.82, 2.24) is 5.32 Å². The number of hydrogen-bond donors (Lipinski definition) is 3. The number of rotatable bonds is 13. The van der Waals surface area contributed by atoms with Crippen LogP contribution in [-0.2, 0) is 4.74 Å². The van der Waals surface area contributed by atoms with Crippen molar-refractivity contribution in [2.45, 2.75) is 71.0 Å². The average Bonchev–Trinajstić information content (AvgIpc) is 2.33. The summed E-state index contributed by atoms with van der Waals surface area (Å²) in [6.07, 6.45) is 5.97. The van der Waals surface area contributed by atoms with Crippen LogP contribution in [0.1, 0.15) is 59.3 Å². The zero-order valence-corrected chi connectivity index (χ0v) is 13.0. The summed E-state index contributed by atoms with van der Waals surface area (Å²) in [5.41, 5.74) is -0.685. The maximum Gasteiger partial charge on any atom is 0.0897 e. The second-order valence-electron chi connectivity index (χ2n) is 5.67. The molecule has 116 valence electrons. The van der Waals surface area contributed by atoms with Crippen LogP contribution < -0.4 is 5.32 Å². The Morgan fingerprint density at radius 1 is 1.16 bits per heavy atom. The second kappa shape index (κ2) is 11.6. The first-order chi connectivity index (χ1) is 9.02. The quantitative estimate of drug-likeness (QED) is 0.450.